The second-order valence-electron chi connectivity index (χ2n) is 6.27. The molecule has 0 aliphatic carbocycles. The van der Waals surface area contributed by atoms with Crippen LogP contribution in [0.1, 0.15) is 25.8 Å². The Morgan fingerprint density at radius 1 is 1.15 bits per heavy atom. The van der Waals surface area contributed by atoms with E-state index in [2.05, 4.69) is 74.4 Å². The van der Waals surface area contributed by atoms with Crippen molar-refractivity contribution in [3.63, 3.8) is 0 Å². The summed E-state index contributed by atoms with van der Waals surface area (Å²) >= 11 is 3.61. The first kappa shape index (κ1) is 18.3. The second-order valence-corrected chi connectivity index (χ2v) is 7.12. The Morgan fingerprint density at radius 2 is 2.00 bits per heavy atom. The van der Waals surface area contributed by atoms with Crippen LogP contribution in [0.2, 0.25) is 0 Å². The van der Waals surface area contributed by atoms with Crippen LogP contribution in [-0.4, -0.2) is 21.0 Å². The number of nitrogens with zero attached hydrogens (tertiary/aromatic N) is 3. The predicted molar refractivity (Wildman–Crippen MR) is 111 cm³/mol. The van der Waals surface area contributed by atoms with Gasteiger partial charge in [-0.15, -0.1) is 0 Å². The number of hydrogen-bond acceptors (Lipinski definition) is 5. The normalized spacial score (nSPS) is 11.8. The SMILES string of the molecule is CC[C@H](C)Nc1nc(Nc2ccc(C)cc2Br)cc(-c2cccnc2)n1. The molecule has 0 saturated carbocycles. The summed E-state index contributed by atoms with van der Waals surface area (Å²) in [5.74, 6) is 1.33. The van der Waals surface area contributed by atoms with Crippen LogP contribution in [0, 0.1) is 6.92 Å². The van der Waals surface area contributed by atoms with E-state index in [0.29, 0.717) is 5.95 Å². The highest BCUT2D eigenvalue weighted by Gasteiger charge is 2.10. The lowest BCUT2D eigenvalue weighted by Crippen LogP contribution is -2.16. The molecule has 26 heavy (non-hydrogen) atoms. The fourth-order valence-corrected chi connectivity index (χ4v) is 3.01. The van der Waals surface area contributed by atoms with Gasteiger partial charge in [-0.1, -0.05) is 13.0 Å². The highest BCUT2D eigenvalue weighted by Crippen LogP contribution is 2.28. The highest BCUT2D eigenvalue weighted by atomic mass is 79.9. The zero-order valence-electron chi connectivity index (χ0n) is 15.1. The summed E-state index contributed by atoms with van der Waals surface area (Å²) in [6.07, 6.45) is 4.55. The molecule has 0 aliphatic rings. The van der Waals surface area contributed by atoms with E-state index in [1.54, 1.807) is 12.4 Å². The van der Waals surface area contributed by atoms with Crippen LogP contribution in [0.25, 0.3) is 11.3 Å². The fraction of sp³-hybridized carbons (Fsp3) is 0.250. The Kier molecular flexibility index (Phi) is 5.83. The largest absolute Gasteiger partial charge is 0.352 e. The summed E-state index contributed by atoms with van der Waals surface area (Å²) in [5, 5.41) is 6.74. The molecule has 0 unspecified atom stereocenters. The van der Waals surface area contributed by atoms with E-state index in [1.165, 1.54) is 5.56 Å². The maximum absolute atomic E-state index is 4.66. The van der Waals surface area contributed by atoms with Gasteiger partial charge in [0.15, 0.2) is 0 Å². The Balaban J connectivity index is 1.98. The number of hydrogen-bond donors (Lipinski definition) is 2. The van der Waals surface area contributed by atoms with Crippen molar-refractivity contribution in [2.45, 2.75) is 33.2 Å². The van der Waals surface area contributed by atoms with Gasteiger partial charge in [0.2, 0.25) is 5.95 Å². The van der Waals surface area contributed by atoms with Crippen molar-refractivity contribution in [3.05, 3.63) is 58.8 Å². The van der Waals surface area contributed by atoms with Crippen LogP contribution in [0.3, 0.4) is 0 Å². The number of nitrogens with one attached hydrogen (secondary N) is 2. The number of anilines is 3. The van der Waals surface area contributed by atoms with E-state index in [-0.39, 0.29) is 6.04 Å². The van der Waals surface area contributed by atoms with Crippen molar-refractivity contribution in [1.29, 1.82) is 0 Å². The number of aromatic nitrogens is 3. The average molecular weight is 412 g/mol. The van der Waals surface area contributed by atoms with Crippen molar-refractivity contribution in [3.8, 4) is 11.3 Å². The van der Waals surface area contributed by atoms with E-state index < -0.39 is 0 Å². The first-order valence-electron chi connectivity index (χ1n) is 8.64. The zero-order valence-corrected chi connectivity index (χ0v) is 16.7. The molecule has 6 heteroatoms. The minimum atomic E-state index is 0.290. The number of pyridine rings is 1. The standard InChI is InChI=1S/C20H22BrN5/c1-4-14(3)23-20-25-18(15-6-5-9-22-12-15)11-19(26-20)24-17-8-7-13(2)10-16(17)21/h5-12,14H,4H2,1-3H3,(H2,23,24,25,26)/t14-/m0/s1. The second kappa shape index (κ2) is 8.27. The number of halogens is 1. The molecule has 1 aromatic carbocycles. The Hall–Kier alpha value is -2.47. The third-order valence-electron chi connectivity index (χ3n) is 4.06. The molecule has 0 radical (unpaired) electrons. The minimum Gasteiger partial charge on any atom is -0.352 e. The molecular formula is C20H22BrN5. The maximum Gasteiger partial charge on any atom is 0.225 e. The van der Waals surface area contributed by atoms with Gasteiger partial charge in [0.25, 0.3) is 0 Å². The molecule has 0 spiro atoms. The van der Waals surface area contributed by atoms with Crippen LogP contribution in [0.4, 0.5) is 17.5 Å². The van der Waals surface area contributed by atoms with Gasteiger partial charge in [-0.05, 0) is 66.0 Å². The molecule has 2 N–H and O–H groups in total. The third kappa shape index (κ3) is 4.58. The molecule has 3 rings (SSSR count). The molecule has 0 bridgehead atoms. The van der Waals surface area contributed by atoms with Gasteiger partial charge in [0.1, 0.15) is 5.82 Å². The quantitative estimate of drug-likeness (QED) is 0.555. The van der Waals surface area contributed by atoms with E-state index in [1.807, 2.05) is 24.3 Å². The summed E-state index contributed by atoms with van der Waals surface area (Å²) in [7, 11) is 0. The van der Waals surface area contributed by atoms with E-state index in [4.69, 9.17) is 0 Å². The summed E-state index contributed by atoms with van der Waals surface area (Å²) < 4.78 is 0.996. The summed E-state index contributed by atoms with van der Waals surface area (Å²) in [5.41, 5.74) is 3.93. The topological polar surface area (TPSA) is 62.7 Å². The first-order chi connectivity index (χ1) is 12.5. The molecule has 2 heterocycles. The lowest BCUT2D eigenvalue weighted by atomic mass is 10.2. The molecule has 1 atom stereocenters. The number of rotatable bonds is 6. The summed E-state index contributed by atoms with van der Waals surface area (Å²) in [4.78, 5) is 13.5. The lowest BCUT2D eigenvalue weighted by molar-refractivity contribution is 0.753. The summed E-state index contributed by atoms with van der Waals surface area (Å²) in [6, 6.07) is 12.3. The zero-order chi connectivity index (χ0) is 18.5. The Morgan fingerprint density at radius 3 is 2.69 bits per heavy atom. The Bertz CT molecular complexity index is 883. The molecule has 3 aromatic rings. The third-order valence-corrected chi connectivity index (χ3v) is 4.71. The molecule has 0 saturated heterocycles. The Labute approximate surface area is 162 Å². The molecule has 0 fully saturated rings. The van der Waals surface area contributed by atoms with Gasteiger partial charge < -0.3 is 10.6 Å². The molecule has 134 valence electrons. The van der Waals surface area contributed by atoms with Crippen molar-refractivity contribution in [2.75, 3.05) is 10.6 Å². The van der Waals surface area contributed by atoms with Crippen LogP contribution >= 0.6 is 15.9 Å². The average Bonchev–Trinajstić information content (AvgIpc) is 2.64. The van der Waals surface area contributed by atoms with Crippen molar-refractivity contribution >= 4 is 33.4 Å². The monoisotopic (exact) mass is 411 g/mol. The van der Waals surface area contributed by atoms with Crippen LogP contribution in [0.15, 0.2) is 53.3 Å². The maximum atomic E-state index is 4.66. The van der Waals surface area contributed by atoms with E-state index in [0.717, 1.165) is 33.7 Å². The summed E-state index contributed by atoms with van der Waals surface area (Å²) in [6.45, 7) is 6.31. The predicted octanol–water partition coefficient (Wildman–Crippen LogP) is 5.56. The van der Waals surface area contributed by atoms with Crippen molar-refractivity contribution in [2.24, 2.45) is 0 Å². The van der Waals surface area contributed by atoms with Gasteiger partial charge in [-0.2, -0.15) is 4.98 Å². The first-order valence-corrected chi connectivity index (χ1v) is 9.43. The van der Waals surface area contributed by atoms with Gasteiger partial charge >= 0.3 is 0 Å². The molecule has 5 nitrogen and oxygen atoms in total. The minimum absolute atomic E-state index is 0.290. The van der Waals surface area contributed by atoms with Crippen LogP contribution in [0.5, 0.6) is 0 Å². The van der Waals surface area contributed by atoms with Crippen molar-refractivity contribution in [1.82, 2.24) is 15.0 Å². The van der Waals surface area contributed by atoms with Gasteiger partial charge in [0.05, 0.1) is 11.4 Å². The van der Waals surface area contributed by atoms with E-state index >= 15 is 0 Å². The lowest BCUT2D eigenvalue weighted by Gasteiger charge is -2.15. The van der Waals surface area contributed by atoms with E-state index in [9.17, 15) is 0 Å². The fourth-order valence-electron chi connectivity index (χ4n) is 2.42. The number of benzene rings is 1. The molecule has 2 aromatic heterocycles. The van der Waals surface area contributed by atoms with Gasteiger partial charge in [-0.3, -0.25) is 4.98 Å². The van der Waals surface area contributed by atoms with Crippen LogP contribution < -0.4 is 10.6 Å². The molecule has 0 aliphatic heterocycles. The molecule has 0 amide bonds. The van der Waals surface area contributed by atoms with Gasteiger partial charge in [0, 0.05) is 34.5 Å². The number of aryl methyl sites for hydroxylation is 1. The highest BCUT2D eigenvalue weighted by molar-refractivity contribution is 9.10. The smallest absolute Gasteiger partial charge is 0.225 e. The van der Waals surface area contributed by atoms with Crippen molar-refractivity contribution < 1.29 is 0 Å². The van der Waals surface area contributed by atoms with Crippen LogP contribution in [-0.2, 0) is 0 Å². The molecular weight excluding hydrogens is 390 g/mol. The van der Waals surface area contributed by atoms with Gasteiger partial charge in [-0.25, -0.2) is 4.98 Å².